The minimum absolute atomic E-state index is 0.158. The molecule has 11 heteroatoms. The van der Waals surface area contributed by atoms with E-state index in [-0.39, 0.29) is 11.9 Å². The molecule has 3 aromatic heterocycles. The fourth-order valence-electron chi connectivity index (χ4n) is 3.98. The SMILES string of the molecule is COC[C@@H](C)NC(=O)c1cn(COCC[Si](C)(C)C)c2ncc(-c3nn(C)c4cc(Cl)ccc34)nc12. The van der Waals surface area contributed by atoms with E-state index in [0.717, 1.165) is 16.9 Å². The summed E-state index contributed by atoms with van der Waals surface area (Å²) in [6, 6.07) is 6.51. The number of carbonyl (C=O) groups excluding carboxylic acids is 1. The second-order valence-corrected chi connectivity index (χ2v) is 16.3. The molecule has 4 rings (SSSR count). The quantitative estimate of drug-likeness (QED) is 0.236. The maximum Gasteiger partial charge on any atom is 0.255 e. The number of aryl methyl sites for hydroxylation is 1. The van der Waals surface area contributed by atoms with Gasteiger partial charge in [-0.15, -0.1) is 0 Å². The summed E-state index contributed by atoms with van der Waals surface area (Å²) >= 11 is 6.19. The average Bonchev–Trinajstić information content (AvgIpc) is 3.33. The predicted molar refractivity (Wildman–Crippen MR) is 145 cm³/mol. The smallest absolute Gasteiger partial charge is 0.255 e. The van der Waals surface area contributed by atoms with Crippen LogP contribution in [0.25, 0.3) is 33.5 Å². The van der Waals surface area contributed by atoms with Crippen molar-refractivity contribution in [3.8, 4) is 11.4 Å². The predicted octanol–water partition coefficient (Wildman–Crippen LogP) is 4.72. The van der Waals surface area contributed by atoms with Gasteiger partial charge in [-0.1, -0.05) is 31.2 Å². The summed E-state index contributed by atoms with van der Waals surface area (Å²) < 4.78 is 14.7. The van der Waals surface area contributed by atoms with E-state index < -0.39 is 8.07 Å². The summed E-state index contributed by atoms with van der Waals surface area (Å²) in [6.45, 7) is 10.2. The van der Waals surface area contributed by atoms with Crippen molar-refractivity contribution in [1.29, 1.82) is 0 Å². The maximum absolute atomic E-state index is 13.2. The van der Waals surface area contributed by atoms with E-state index in [2.05, 4.69) is 35.0 Å². The molecular formula is C25H33ClN6O3Si. The Bertz CT molecular complexity index is 1390. The van der Waals surface area contributed by atoms with Crippen LogP contribution in [0.3, 0.4) is 0 Å². The van der Waals surface area contributed by atoms with Gasteiger partial charge in [0.15, 0.2) is 5.65 Å². The van der Waals surface area contributed by atoms with E-state index in [0.29, 0.717) is 53.1 Å². The second-order valence-electron chi connectivity index (χ2n) is 10.3. The Morgan fingerprint density at radius 3 is 2.78 bits per heavy atom. The standard InChI is InChI=1S/C25H33ClN6O3Si/c1-16(14-34-3)28-25(33)19-13-32(15-35-9-10-36(4,5)6)24-23(19)29-20(12-27-24)22-18-8-7-17(26)11-21(18)31(2)30-22/h7-8,11-13,16H,9-10,14-15H2,1-6H3,(H,28,33)/t16-/m1/s1. The molecule has 0 saturated carbocycles. The van der Waals surface area contributed by atoms with E-state index in [1.807, 2.05) is 36.7 Å². The Hall–Kier alpha value is -2.79. The van der Waals surface area contributed by atoms with Gasteiger partial charge in [0.1, 0.15) is 23.6 Å². The third kappa shape index (κ3) is 5.78. The molecule has 0 aliphatic carbocycles. The molecular weight excluding hydrogens is 496 g/mol. The number of carbonyl (C=O) groups is 1. The molecule has 192 valence electrons. The number of rotatable bonds is 10. The molecule has 0 saturated heterocycles. The summed E-state index contributed by atoms with van der Waals surface area (Å²) in [4.78, 5) is 22.8. The molecule has 0 unspecified atom stereocenters. The Kier molecular flexibility index (Phi) is 7.79. The molecule has 36 heavy (non-hydrogen) atoms. The highest BCUT2D eigenvalue weighted by Gasteiger charge is 2.22. The van der Waals surface area contributed by atoms with E-state index in [4.69, 9.17) is 26.1 Å². The number of hydrogen-bond acceptors (Lipinski definition) is 6. The van der Waals surface area contributed by atoms with Crippen molar-refractivity contribution >= 4 is 47.6 Å². The lowest BCUT2D eigenvalue weighted by molar-refractivity contribution is 0.0881. The molecule has 3 heterocycles. The topological polar surface area (TPSA) is 96.1 Å². The number of methoxy groups -OCH3 is 1. The molecule has 0 aliphatic heterocycles. The van der Waals surface area contributed by atoms with Crippen molar-refractivity contribution in [3.63, 3.8) is 0 Å². The first kappa shape index (κ1) is 26.3. The van der Waals surface area contributed by atoms with Gasteiger partial charge in [-0.2, -0.15) is 5.10 Å². The number of aromatic nitrogens is 5. The van der Waals surface area contributed by atoms with Gasteiger partial charge in [-0.25, -0.2) is 9.97 Å². The van der Waals surface area contributed by atoms with Crippen molar-refractivity contribution in [2.45, 2.75) is 45.4 Å². The van der Waals surface area contributed by atoms with Crippen molar-refractivity contribution in [2.75, 3.05) is 20.3 Å². The normalized spacial score (nSPS) is 13.0. The Balaban J connectivity index is 1.73. The Labute approximate surface area is 216 Å². The fraction of sp³-hybridized carbons (Fsp3) is 0.440. The lowest BCUT2D eigenvalue weighted by atomic mass is 10.1. The van der Waals surface area contributed by atoms with Gasteiger partial charge >= 0.3 is 0 Å². The lowest BCUT2D eigenvalue weighted by Gasteiger charge is -2.15. The van der Waals surface area contributed by atoms with Crippen molar-refractivity contribution in [2.24, 2.45) is 7.05 Å². The van der Waals surface area contributed by atoms with Crippen LogP contribution in [0.15, 0.2) is 30.6 Å². The molecule has 1 aromatic carbocycles. The highest BCUT2D eigenvalue weighted by molar-refractivity contribution is 6.76. The zero-order chi connectivity index (χ0) is 26.0. The molecule has 9 nitrogen and oxygen atoms in total. The zero-order valence-electron chi connectivity index (χ0n) is 21.6. The summed E-state index contributed by atoms with van der Waals surface area (Å²) in [5.74, 6) is -0.241. The van der Waals surface area contributed by atoms with Crippen molar-refractivity contribution in [1.82, 2.24) is 29.6 Å². The third-order valence-electron chi connectivity index (χ3n) is 5.89. The van der Waals surface area contributed by atoms with E-state index in [1.54, 1.807) is 24.2 Å². The van der Waals surface area contributed by atoms with Crippen LogP contribution >= 0.6 is 11.6 Å². The number of nitrogens with zero attached hydrogens (tertiary/aromatic N) is 5. The number of halogens is 1. The largest absolute Gasteiger partial charge is 0.383 e. The van der Waals surface area contributed by atoms with Gasteiger partial charge < -0.3 is 19.4 Å². The Morgan fingerprint density at radius 1 is 1.28 bits per heavy atom. The summed E-state index contributed by atoms with van der Waals surface area (Å²) in [5, 5.41) is 9.17. The monoisotopic (exact) mass is 528 g/mol. The van der Waals surface area contributed by atoms with Gasteiger partial charge in [0, 0.05) is 51.5 Å². The van der Waals surface area contributed by atoms with Crippen LogP contribution in [-0.4, -0.2) is 64.7 Å². The van der Waals surface area contributed by atoms with Crippen LogP contribution in [0.4, 0.5) is 0 Å². The average molecular weight is 529 g/mol. The maximum atomic E-state index is 13.2. The van der Waals surface area contributed by atoms with E-state index in [9.17, 15) is 4.79 Å². The molecule has 1 amide bonds. The molecule has 0 fully saturated rings. The van der Waals surface area contributed by atoms with Crippen molar-refractivity contribution in [3.05, 3.63) is 41.2 Å². The molecule has 0 radical (unpaired) electrons. The van der Waals surface area contributed by atoms with Gasteiger partial charge in [0.05, 0.1) is 23.9 Å². The molecule has 0 spiro atoms. The van der Waals surface area contributed by atoms with Crippen LogP contribution in [0.1, 0.15) is 17.3 Å². The van der Waals surface area contributed by atoms with Gasteiger partial charge in [0.2, 0.25) is 0 Å². The number of fused-ring (bicyclic) bond motifs is 2. The van der Waals surface area contributed by atoms with E-state index >= 15 is 0 Å². The molecule has 4 aromatic rings. The van der Waals surface area contributed by atoms with Crippen LogP contribution in [-0.2, 0) is 23.3 Å². The lowest BCUT2D eigenvalue weighted by Crippen LogP contribution is -2.35. The number of hydrogen-bond donors (Lipinski definition) is 1. The third-order valence-corrected chi connectivity index (χ3v) is 7.83. The van der Waals surface area contributed by atoms with Crippen molar-refractivity contribution < 1.29 is 14.3 Å². The van der Waals surface area contributed by atoms with Gasteiger partial charge in [-0.05, 0) is 31.2 Å². The van der Waals surface area contributed by atoms with Crippen LogP contribution in [0.2, 0.25) is 30.7 Å². The fourth-order valence-corrected chi connectivity index (χ4v) is 4.91. The Morgan fingerprint density at radius 2 is 2.06 bits per heavy atom. The highest BCUT2D eigenvalue weighted by Crippen LogP contribution is 2.30. The van der Waals surface area contributed by atoms with Crippen LogP contribution in [0.5, 0.6) is 0 Å². The number of nitrogens with one attached hydrogen (secondary N) is 1. The molecule has 0 bridgehead atoms. The highest BCUT2D eigenvalue weighted by atomic mass is 35.5. The summed E-state index contributed by atoms with van der Waals surface area (Å²) in [5.41, 5.74) is 3.65. The molecule has 1 N–H and O–H groups in total. The first-order valence-electron chi connectivity index (χ1n) is 11.9. The first-order chi connectivity index (χ1) is 17.1. The zero-order valence-corrected chi connectivity index (χ0v) is 23.4. The van der Waals surface area contributed by atoms with Crippen LogP contribution < -0.4 is 5.32 Å². The summed E-state index contributed by atoms with van der Waals surface area (Å²) in [7, 11) is 2.25. The summed E-state index contributed by atoms with van der Waals surface area (Å²) in [6.07, 6.45) is 3.45. The minimum atomic E-state index is -1.21. The van der Waals surface area contributed by atoms with E-state index in [1.165, 1.54) is 0 Å². The number of benzene rings is 1. The minimum Gasteiger partial charge on any atom is -0.383 e. The van der Waals surface area contributed by atoms with Gasteiger partial charge in [0.25, 0.3) is 5.91 Å². The molecule has 1 atom stereocenters. The molecule has 0 aliphatic rings. The number of amides is 1. The first-order valence-corrected chi connectivity index (χ1v) is 16.0. The number of ether oxygens (including phenoxy) is 2. The second kappa shape index (κ2) is 10.7. The van der Waals surface area contributed by atoms with Crippen LogP contribution in [0, 0.1) is 0 Å². The van der Waals surface area contributed by atoms with Gasteiger partial charge in [-0.3, -0.25) is 9.48 Å².